The van der Waals surface area contributed by atoms with Gasteiger partial charge in [-0.15, -0.1) is 11.8 Å². The topological polar surface area (TPSA) is 291 Å². The third-order valence-corrected chi connectivity index (χ3v) is 12.7. The van der Waals surface area contributed by atoms with E-state index in [9.17, 15) is 58.2 Å². The maximum atomic E-state index is 14.8. The number of nitrogens with one attached hydrogen (secondary N) is 5. The molecule has 0 unspecified atom stereocenters. The molecule has 15 amide bonds. The molecule has 0 aromatic heterocycles. The Kier molecular flexibility index (Phi) is 29.6. The highest BCUT2D eigenvalue weighted by Gasteiger charge is 2.42. The molecule has 0 aliphatic rings. The number of carbonyl (C=O) groups excluding carboxylic acids is 10. The van der Waals surface area contributed by atoms with Crippen LogP contribution in [0.2, 0.25) is 0 Å². The number of likely N-dealkylation sites (N-methyl/N-ethyl adjacent to an activating group) is 3. The first-order valence-corrected chi connectivity index (χ1v) is 25.5. The smallest absolute Gasteiger partial charge is 0.333 e. The molecule has 7 N–H and O–H groups in total. The molecule has 0 radical (unpaired) electrons. The van der Waals surface area contributed by atoms with Crippen LogP contribution in [0.25, 0.3) is 0 Å². The summed E-state index contributed by atoms with van der Waals surface area (Å²) in [5.74, 6) is -3.21. The zero-order valence-corrected chi connectivity index (χ0v) is 46.6. The van der Waals surface area contributed by atoms with Gasteiger partial charge in [0.1, 0.15) is 18.1 Å². The summed E-state index contributed by atoms with van der Waals surface area (Å²) in [5, 5.41) is 31.5. The van der Waals surface area contributed by atoms with Gasteiger partial charge in [0.15, 0.2) is 5.37 Å². The summed E-state index contributed by atoms with van der Waals surface area (Å²) in [5.41, 5.74) is -1.64. The predicted molar refractivity (Wildman–Crippen MR) is 276 cm³/mol. The number of thioether (sulfide) groups is 1. The Morgan fingerprint density at radius 3 is 1.67 bits per heavy atom. The van der Waals surface area contributed by atoms with Gasteiger partial charge in [0.25, 0.3) is 11.8 Å². The van der Waals surface area contributed by atoms with Gasteiger partial charge >= 0.3 is 30.2 Å². The number of allylic oxidation sites excluding steroid dienone is 2. The Balaban J connectivity index is 7.03. The monoisotopic (exact) mass is 1040 g/mol. The molecule has 0 aliphatic heterocycles. The van der Waals surface area contributed by atoms with Gasteiger partial charge in [0.2, 0.25) is 17.7 Å². The maximum absolute atomic E-state index is 14.8. The zero-order chi connectivity index (χ0) is 56.0. The minimum absolute atomic E-state index is 0.0360. The third kappa shape index (κ3) is 23.0. The predicted octanol–water partition coefficient (Wildman–Crippen LogP) is 3.21. The van der Waals surface area contributed by atoms with Crippen LogP contribution in [0.4, 0.5) is 24.0 Å². The van der Waals surface area contributed by atoms with E-state index >= 15 is 0 Å². The molecule has 72 heavy (non-hydrogen) atoms. The standard InChI is InChI=1S/C48H87N11O12S/c1-18-20-22-32(9)37(61)36(55(14)35(60)25-29(3)4)39(63)50-33(19-2)40(64)56(15)42(72-24-21-23-59(27-30(5)6)28-31(7)8)41(65)54(13)34(26-48(10,11)71)38(62)51-45(68)58(17)47(70)53-43(66)52-46(69)57(16)44(67)49-12/h18,20,29-34,36-37,42,61,71H,19,21-28H2,1-17H3,(H,49,67)(H,50,63)(H,51,62,68)(H2,52,53,66,69,70)/b20-18+/t32-,33+,34+,36+,37-,42-/m1/s1. The van der Waals surface area contributed by atoms with Crippen LogP contribution in [0.3, 0.4) is 0 Å². The number of carbonyl (C=O) groups is 10. The molecular weight excluding hydrogens is 955 g/mol. The van der Waals surface area contributed by atoms with Crippen molar-refractivity contribution in [2.24, 2.45) is 23.7 Å². The molecule has 0 aliphatic carbocycles. The molecule has 412 valence electrons. The minimum Gasteiger partial charge on any atom is -0.390 e. The SMILES string of the molecule is C/C=C/C[C@@H](C)[C@@H](O)[C@@H](C(=O)N[C@@H](CC)C(=O)N(C)[C@H](SCCCN(CC(C)C)CC(C)C)C(=O)N(C)[C@@H](CC(C)(C)O)C(=O)NC(=O)N(C)C(=O)NC(=O)NC(=O)N(C)C(=O)NC)N(C)C(=O)CC(C)C. The van der Waals surface area contributed by atoms with Crippen molar-refractivity contribution in [1.29, 1.82) is 0 Å². The first-order chi connectivity index (χ1) is 33.3. The van der Waals surface area contributed by atoms with Crippen molar-refractivity contribution >= 4 is 71.5 Å². The second-order valence-corrected chi connectivity index (χ2v) is 21.2. The highest BCUT2D eigenvalue weighted by Crippen LogP contribution is 2.25. The summed E-state index contributed by atoms with van der Waals surface area (Å²) >= 11 is 1.11. The molecule has 0 spiro atoms. The molecule has 0 aromatic rings. The summed E-state index contributed by atoms with van der Waals surface area (Å²) in [6, 6.07) is -10.5. The molecule has 0 fully saturated rings. The van der Waals surface area contributed by atoms with Gasteiger partial charge in [-0.1, -0.05) is 67.5 Å². The van der Waals surface area contributed by atoms with Crippen LogP contribution in [-0.4, -0.2) is 202 Å². The lowest BCUT2D eigenvalue weighted by Crippen LogP contribution is -2.61. The number of urea groups is 5. The number of amides is 15. The van der Waals surface area contributed by atoms with E-state index in [-0.39, 0.29) is 24.7 Å². The fourth-order valence-electron chi connectivity index (χ4n) is 7.31. The van der Waals surface area contributed by atoms with E-state index in [1.807, 2.05) is 38.2 Å². The number of aliphatic hydroxyl groups excluding tert-OH is 1. The van der Waals surface area contributed by atoms with Crippen molar-refractivity contribution in [3.05, 3.63) is 12.2 Å². The van der Waals surface area contributed by atoms with Gasteiger partial charge in [-0.25, -0.2) is 33.8 Å². The van der Waals surface area contributed by atoms with Gasteiger partial charge in [0, 0.05) is 68.2 Å². The van der Waals surface area contributed by atoms with Crippen LogP contribution >= 0.6 is 11.8 Å². The first-order valence-electron chi connectivity index (χ1n) is 24.4. The van der Waals surface area contributed by atoms with Gasteiger partial charge in [0.05, 0.1) is 11.7 Å². The van der Waals surface area contributed by atoms with Crippen molar-refractivity contribution in [1.82, 2.24) is 56.0 Å². The molecular formula is C48H87N11O12S. The minimum atomic E-state index is -1.64. The Bertz CT molecular complexity index is 1870. The molecule has 6 atom stereocenters. The van der Waals surface area contributed by atoms with Crippen LogP contribution in [0.15, 0.2) is 12.2 Å². The normalized spacial score (nSPS) is 14.2. The van der Waals surface area contributed by atoms with Crippen LogP contribution in [0.1, 0.15) is 108 Å². The molecule has 0 aromatic carbocycles. The van der Waals surface area contributed by atoms with E-state index in [1.165, 1.54) is 46.9 Å². The van der Waals surface area contributed by atoms with Crippen LogP contribution in [0, 0.1) is 23.7 Å². The Hall–Kier alpha value is -5.33. The summed E-state index contributed by atoms with van der Waals surface area (Å²) in [6.07, 6.45) is 3.00. The fourth-order valence-corrected chi connectivity index (χ4v) is 8.47. The number of hydrogen-bond donors (Lipinski definition) is 7. The molecule has 23 nitrogen and oxygen atoms in total. The Morgan fingerprint density at radius 2 is 1.21 bits per heavy atom. The van der Waals surface area contributed by atoms with Crippen molar-refractivity contribution < 1.29 is 58.2 Å². The number of hydrogen-bond acceptors (Lipinski definition) is 14. The molecule has 0 bridgehead atoms. The molecule has 0 rings (SSSR count). The number of imide groups is 5. The quantitative estimate of drug-likeness (QED) is 0.0372. The molecule has 0 saturated carbocycles. The fraction of sp³-hybridized carbons (Fsp3) is 0.750. The van der Waals surface area contributed by atoms with E-state index in [4.69, 9.17) is 0 Å². The first kappa shape index (κ1) is 66.7. The second kappa shape index (κ2) is 32.0. The van der Waals surface area contributed by atoms with Crippen molar-refractivity contribution in [2.45, 2.75) is 143 Å². The van der Waals surface area contributed by atoms with Crippen LogP contribution in [-0.2, 0) is 24.0 Å². The summed E-state index contributed by atoms with van der Waals surface area (Å²) in [6.45, 7) is 22.4. The van der Waals surface area contributed by atoms with Gasteiger partial charge in [-0.3, -0.25) is 39.9 Å². The van der Waals surface area contributed by atoms with Crippen LogP contribution in [0.5, 0.6) is 0 Å². The lowest BCUT2D eigenvalue weighted by atomic mass is 9.92. The maximum Gasteiger partial charge on any atom is 0.333 e. The third-order valence-electron chi connectivity index (χ3n) is 11.3. The summed E-state index contributed by atoms with van der Waals surface area (Å²) < 4.78 is 0. The number of aliphatic hydroxyl groups is 2. The largest absolute Gasteiger partial charge is 0.390 e. The highest BCUT2D eigenvalue weighted by molar-refractivity contribution is 8.00. The highest BCUT2D eigenvalue weighted by atomic mass is 32.2. The molecule has 0 saturated heterocycles. The van der Waals surface area contributed by atoms with Crippen molar-refractivity contribution in [3.63, 3.8) is 0 Å². The van der Waals surface area contributed by atoms with E-state index < -0.39 is 101 Å². The zero-order valence-electron chi connectivity index (χ0n) is 45.8. The lowest BCUT2D eigenvalue weighted by molar-refractivity contribution is -0.148. The second-order valence-electron chi connectivity index (χ2n) is 20.0. The molecule has 24 heteroatoms. The summed E-state index contributed by atoms with van der Waals surface area (Å²) in [7, 11) is 7.24. The number of rotatable bonds is 26. The van der Waals surface area contributed by atoms with E-state index in [0.717, 1.165) is 48.7 Å². The lowest BCUT2D eigenvalue weighted by Gasteiger charge is -2.37. The summed E-state index contributed by atoms with van der Waals surface area (Å²) in [4.78, 5) is 140. The van der Waals surface area contributed by atoms with E-state index in [1.54, 1.807) is 24.5 Å². The van der Waals surface area contributed by atoms with Crippen molar-refractivity contribution in [2.75, 3.05) is 67.7 Å². The van der Waals surface area contributed by atoms with E-state index in [0.29, 0.717) is 46.8 Å². The van der Waals surface area contributed by atoms with E-state index in [2.05, 4.69) is 43.2 Å². The van der Waals surface area contributed by atoms with Gasteiger partial charge in [-0.05, 0) is 76.0 Å². The van der Waals surface area contributed by atoms with Gasteiger partial charge in [-0.2, -0.15) is 0 Å². The molecule has 0 heterocycles. The Labute approximate surface area is 431 Å². The van der Waals surface area contributed by atoms with Gasteiger partial charge < -0.3 is 40.4 Å². The Morgan fingerprint density at radius 1 is 0.694 bits per heavy atom. The van der Waals surface area contributed by atoms with Crippen LogP contribution < -0.4 is 26.6 Å². The number of nitrogens with zero attached hydrogens (tertiary/aromatic N) is 6. The average molecular weight is 1040 g/mol. The van der Waals surface area contributed by atoms with Crippen molar-refractivity contribution in [3.8, 4) is 0 Å². The average Bonchev–Trinajstić information content (AvgIpc) is 3.28.